The second kappa shape index (κ2) is 9.80. The minimum absolute atomic E-state index is 0.0519. The first kappa shape index (κ1) is 23.1. The fraction of sp³-hybridized carbons (Fsp3) is 0.619. The van der Waals surface area contributed by atoms with Gasteiger partial charge in [-0.05, 0) is 37.9 Å². The first-order valence-corrected chi connectivity index (χ1v) is 12.6. The number of likely N-dealkylation sites (tertiary alicyclic amines) is 1. The van der Waals surface area contributed by atoms with Gasteiger partial charge in [0.2, 0.25) is 5.91 Å². The number of nitrogens with one attached hydrogen (secondary N) is 1. The Morgan fingerprint density at radius 3 is 2.87 bits per heavy atom. The lowest BCUT2D eigenvalue weighted by atomic mass is 10.1. The van der Waals surface area contributed by atoms with E-state index >= 15 is 0 Å². The number of hydrogen-bond donors (Lipinski definition) is 2. The van der Waals surface area contributed by atoms with Gasteiger partial charge in [-0.25, -0.2) is 0 Å². The van der Waals surface area contributed by atoms with Crippen molar-refractivity contribution >= 4 is 46.5 Å². The van der Waals surface area contributed by atoms with Crippen LogP contribution in [-0.4, -0.2) is 84.5 Å². The van der Waals surface area contributed by atoms with Gasteiger partial charge < -0.3 is 25.0 Å². The molecule has 1 saturated heterocycles. The third kappa shape index (κ3) is 4.96. The molecule has 4 rings (SSSR count). The molecule has 10 heteroatoms. The molecule has 170 valence electrons. The van der Waals surface area contributed by atoms with Crippen LogP contribution in [0.3, 0.4) is 0 Å². The van der Waals surface area contributed by atoms with Gasteiger partial charge in [0.15, 0.2) is 0 Å². The summed E-state index contributed by atoms with van der Waals surface area (Å²) in [5, 5.41) is 12.7. The normalized spacial score (nSPS) is 28.9. The SMILES string of the molecule is CO[C@H]1CN(C)CCc2sc(C(=O)N3C[C@H](NC(=O)C4CC=C(Cl)S4)C[C@H]3CO)cc21. The van der Waals surface area contributed by atoms with Crippen molar-refractivity contribution in [2.24, 2.45) is 0 Å². The van der Waals surface area contributed by atoms with E-state index in [1.165, 1.54) is 28.0 Å². The number of aliphatic hydroxyl groups is 1. The number of methoxy groups -OCH3 is 1. The van der Waals surface area contributed by atoms with E-state index in [2.05, 4.69) is 17.3 Å². The van der Waals surface area contributed by atoms with Crippen LogP contribution in [0, 0.1) is 0 Å². The molecular weight excluding hydrogens is 458 g/mol. The lowest BCUT2D eigenvalue weighted by Crippen LogP contribution is -2.42. The second-order valence-electron chi connectivity index (χ2n) is 8.31. The maximum Gasteiger partial charge on any atom is 0.264 e. The molecular formula is C21H28ClN3O4S2. The van der Waals surface area contributed by atoms with Crippen molar-refractivity contribution in [3.63, 3.8) is 0 Å². The monoisotopic (exact) mass is 485 g/mol. The van der Waals surface area contributed by atoms with Crippen molar-refractivity contribution < 1.29 is 19.4 Å². The highest BCUT2D eigenvalue weighted by molar-refractivity contribution is 8.06. The Labute approximate surface area is 195 Å². The van der Waals surface area contributed by atoms with Crippen molar-refractivity contribution in [1.29, 1.82) is 0 Å². The molecule has 3 aliphatic rings. The molecule has 2 amide bonds. The molecule has 1 unspecified atom stereocenters. The summed E-state index contributed by atoms with van der Waals surface area (Å²) in [6, 6.07) is 1.48. The van der Waals surface area contributed by atoms with Gasteiger partial charge in [-0.15, -0.1) is 23.1 Å². The number of amides is 2. The van der Waals surface area contributed by atoms with Gasteiger partial charge in [0, 0.05) is 37.7 Å². The average molecular weight is 486 g/mol. The quantitative estimate of drug-likeness (QED) is 0.665. The van der Waals surface area contributed by atoms with E-state index in [4.69, 9.17) is 16.3 Å². The number of nitrogens with zero attached hydrogens (tertiary/aromatic N) is 2. The lowest BCUT2D eigenvalue weighted by molar-refractivity contribution is -0.121. The summed E-state index contributed by atoms with van der Waals surface area (Å²) in [4.78, 5) is 31.7. The van der Waals surface area contributed by atoms with Gasteiger partial charge >= 0.3 is 0 Å². The van der Waals surface area contributed by atoms with E-state index in [0.717, 1.165) is 25.1 Å². The Balaban J connectivity index is 1.44. The molecule has 4 atom stereocenters. The predicted octanol–water partition coefficient (Wildman–Crippen LogP) is 2.20. The van der Waals surface area contributed by atoms with Crippen molar-refractivity contribution in [3.05, 3.63) is 31.8 Å². The van der Waals surface area contributed by atoms with Gasteiger partial charge in [0.05, 0.1) is 33.2 Å². The van der Waals surface area contributed by atoms with Crippen molar-refractivity contribution in [2.45, 2.75) is 42.7 Å². The average Bonchev–Trinajstić information content (AvgIpc) is 3.46. The van der Waals surface area contributed by atoms with Crippen molar-refractivity contribution in [2.75, 3.05) is 40.4 Å². The summed E-state index contributed by atoms with van der Waals surface area (Å²) >= 11 is 8.85. The first-order valence-electron chi connectivity index (χ1n) is 10.5. The number of allylic oxidation sites excluding steroid dienone is 1. The molecule has 0 aliphatic carbocycles. The maximum atomic E-state index is 13.3. The van der Waals surface area contributed by atoms with Gasteiger partial charge in [-0.1, -0.05) is 17.7 Å². The van der Waals surface area contributed by atoms with E-state index in [0.29, 0.717) is 28.6 Å². The third-order valence-corrected chi connectivity index (χ3v) is 8.86. The summed E-state index contributed by atoms with van der Waals surface area (Å²) < 4.78 is 6.33. The van der Waals surface area contributed by atoms with E-state index in [1.807, 2.05) is 12.1 Å². The summed E-state index contributed by atoms with van der Waals surface area (Å²) in [5.41, 5.74) is 1.09. The van der Waals surface area contributed by atoms with Gasteiger partial charge in [-0.2, -0.15) is 0 Å². The molecule has 0 aromatic carbocycles. The number of rotatable bonds is 5. The molecule has 2 N–H and O–H groups in total. The van der Waals surface area contributed by atoms with Crippen LogP contribution in [0.1, 0.15) is 39.1 Å². The highest BCUT2D eigenvalue weighted by atomic mass is 35.5. The number of likely N-dealkylation sites (N-methyl/N-ethyl adjacent to an activating group) is 1. The minimum Gasteiger partial charge on any atom is -0.394 e. The Hall–Kier alpha value is -1.10. The van der Waals surface area contributed by atoms with E-state index < -0.39 is 0 Å². The molecule has 31 heavy (non-hydrogen) atoms. The highest BCUT2D eigenvalue weighted by Crippen LogP contribution is 2.36. The molecule has 7 nitrogen and oxygen atoms in total. The molecule has 4 heterocycles. The number of hydrogen-bond acceptors (Lipinski definition) is 7. The van der Waals surface area contributed by atoms with Crippen LogP contribution >= 0.6 is 34.7 Å². The summed E-state index contributed by atoms with van der Waals surface area (Å²) in [5.74, 6) is -0.153. The van der Waals surface area contributed by atoms with Crippen molar-refractivity contribution in [3.8, 4) is 0 Å². The standard InChI is InChI=1S/C21H28ClN3O4S2/c1-24-6-5-16-14(15(10-24)29-2)8-18(30-16)21(28)25-9-12(7-13(25)11-26)23-20(27)17-3-4-19(22)31-17/h4,8,12-13,15,17,26H,3,5-7,9-11H2,1-2H3,(H,23,27)/t12-,13+,15+,17?/m1/s1. The fourth-order valence-corrected chi connectivity index (χ4v) is 6.85. The van der Waals surface area contributed by atoms with Crippen LogP contribution in [0.4, 0.5) is 0 Å². The Morgan fingerprint density at radius 1 is 1.39 bits per heavy atom. The van der Waals surface area contributed by atoms with E-state index in [1.54, 1.807) is 12.0 Å². The molecule has 1 aromatic rings. The number of fused-ring (bicyclic) bond motifs is 1. The Bertz CT molecular complexity index is 877. The van der Waals surface area contributed by atoms with E-state index in [9.17, 15) is 14.7 Å². The molecule has 0 radical (unpaired) electrons. The van der Waals surface area contributed by atoms with E-state index in [-0.39, 0.29) is 41.9 Å². The zero-order valence-corrected chi connectivity index (χ0v) is 20.1. The maximum absolute atomic E-state index is 13.3. The largest absolute Gasteiger partial charge is 0.394 e. The van der Waals surface area contributed by atoms with Crippen molar-refractivity contribution in [1.82, 2.24) is 15.1 Å². The highest BCUT2D eigenvalue weighted by Gasteiger charge is 2.38. The summed E-state index contributed by atoms with van der Waals surface area (Å²) in [6.45, 7) is 1.99. The number of thiophene rings is 1. The van der Waals surface area contributed by atoms with Gasteiger partial charge in [0.1, 0.15) is 0 Å². The van der Waals surface area contributed by atoms with Gasteiger partial charge in [-0.3, -0.25) is 9.59 Å². The summed E-state index contributed by atoms with van der Waals surface area (Å²) in [7, 11) is 3.78. The number of carbonyl (C=O) groups excluding carboxylic acids is 2. The van der Waals surface area contributed by atoms with Crippen LogP contribution < -0.4 is 5.32 Å². The number of carbonyl (C=O) groups is 2. The Kier molecular flexibility index (Phi) is 7.30. The first-order chi connectivity index (χ1) is 14.9. The second-order valence-corrected chi connectivity index (χ2v) is 11.3. The topological polar surface area (TPSA) is 82.1 Å². The van der Waals surface area contributed by atoms with Crippen LogP contribution in [-0.2, 0) is 16.0 Å². The molecule has 3 aliphatic heterocycles. The smallest absolute Gasteiger partial charge is 0.264 e. The van der Waals surface area contributed by atoms with Crippen LogP contribution in [0.2, 0.25) is 0 Å². The van der Waals surface area contributed by atoms with Crippen LogP contribution in [0.5, 0.6) is 0 Å². The minimum atomic E-state index is -0.304. The zero-order valence-electron chi connectivity index (χ0n) is 17.7. The summed E-state index contributed by atoms with van der Waals surface area (Å²) in [6.07, 6.45) is 3.85. The number of halogens is 1. The van der Waals surface area contributed by atoms with Crippen LogP contribution in [0.15, 0.2) is 16.5 Å². The number of aliphatic hydroxyl groups excluding tert-OH is 1. The number of ether oxygens (including phenoxy) is 1. The zero-order chi connectivity index (χ0) is 22.1. The molecule has 0 saturated carbocycles. The Morgan fingerprint density at radius 2 is 2.19 bits per heavy atom. The molecule has 0 spiro atoms. The molecule has 0 bridgehead atoms. The van der Waals surface area contributed by atoms with Gasteiger partial charge in [0.25, 0.3) is 5.91 Å². The molecule has 1 fully saturated rings. The number of thioether (sulfide) groups is 1. The predicted molar refractivity (Wildman–Crippen MR) is 124 cm³/mol. The lowest BCUT2D eigenvalue weighted by Gasteiger charge is -2.22. The molecule has 1 aromatic heterocycles. The van der Waals surface area contributed by atoms with Crippen LogP contribution in [0.25, 0.3) is 0 Å². The third-order valence-electron chi connectivity index (χ3n) is 6.15. The fourth-order valence-electron chi connectivity index (χ4n) is 4.45.